The largest absolute Gasteiger partial charge is 0.322 e. The Hall–Kier alpha value is -2.47. The maximum Gasteiger partial charge on any atom is 0.260 e. The Morgan fingerprint density at radius 3 is 2.89 bits per heavy atom. The second-order valence-electron chi connectivity index (χ2n) is 3.91. The average Bonchev–Trinajstić information content (AvgIpc) is 2.45. The lowest BCUT2D eigenvalue weighted by Crippen LogP contribution is -2.27. The normalized spacial score (nSPS) is 10.1. The van der Waals surface area contributed by atoms with E-state index in [-0.39, 0.29) is 5.91 Å². The van der Waals surface area contributed by atoms with Gasteiger partial charge in [0.1, 0.15) is 5.82 Å². The fourth-order valence-electron chi connectivity index (χ4n) is 1.68. The molecule has 1 aromatic carbocycles. The highest BCUT2D eigenvalue weighted by Crippen LogP contribution is 2.20. The Labute approximate surface area is 109 Å². The molecule has 5 nitrogen and oxygen atoms in total. The summed E-state index contributed by atoms with van der Waals surface area (Å²) >= 11 is 0. The number of aromatic nitrogens is 1. The maximum atomic E-state index is 13.2. The van der Waals surface area contributed by atoms with Gasteiger partial charge in [-0.2, -0.15) is 0 Å². The molecule has 1 amide bonds. The number of halogens is 1. The minimum absolute atomic E-state index is 0.305. The fourth-order valence-corrected chi connectivity index (χ4v) is 1.68. The van der Waals surface area contributed by atoms with Crippen molar-refractivity contribution in [3.63, 3.8) is 0 Å². The predicted octanol–water partition coefficient (Wildman–Crippen LogP) is 1.78. The quantitative estimate of drug-likeness (QED) is 0.652. The summed E-state index contributed by atoms with van der Waals surface area (Å²) < 4.78 is 13.2. The highest BCUT2D eigenvalue weighted by atomic mass is 19.1. The van der Waals surface area contributed by atoms with Crippen LogP contribution in [-0.2, 0) is 0 Å². The highest BCUT2D eigenvalue weighted by molar-refractivity contribution is 6.09. The molecule has 0 aliphatic rings. The van der Waals surface area contributed by atoms with Gasteiger partial charge in [0.15, 0.2) is 0 Å². The van der Waals surface area contributed by atoms with Crippen molar-refractivity contribution in [2.75, 3.05) is 17.4 Å². The first-order chi connectivity index (χ1) is 9.13. The van der Waals surface area contributed by atoms with Crippen LogP contribution in [0.2, 0.25) is 0 Å². The minimum Gasteiger partial charge on any atom is -0.322 e. The molecule has 0 aliphatic heterocycles. The van der Waals surface area contributed by atoms with E-state index in [4.69, 9.17) is 5.84 Å². The van der Waals surface area contributed by atoms with E-state index in [2.05, 4.69) is 10.4 Å². The number of carbonyl (C=O) groups excluding carboxylic acids is 1. The summed E-state index contributed by atoms with van der Waals surface area (Å²) in [6.07, 6.45) is 2.94. The molecule has 6 heteroatoms. The highest BCUT2D eigenvalue weighted by Gasteiger charge is 2.17. The van der Waals surface area contributed by atoms with Crippen molar-refractivity contribution < 1.29 is 9.18 Å². The van der Waals surface area contributed by atoms with Crippen LogP contribution in [0.15, 0.2) is 42.7 Å². The van der Waals surface area contributed by atoms with E-state index >= 15 is 0 Å². The summed E-state index contributed by atoms with van der Waals surface area (Å²) in [5.41, 5.74) is 3.65. The van der Waals surface area contributed by atoms with Crippen LogP contribution in [0.1, 0.15) is 10.4 Å². The Morgan fingerprint density at radius 2 is 2.21 bits per heavy atom. The number of hydrazine groups is 1. The number of hydrogen-bond donors (Lipinski definition) is 2. The van der Waals surface area contributed by atoms with Gasteiger partial charge in [0, 0.05) is 18.9 Å². The molecule has 0 radical (unpaired) electrons. The van der Waals surface area contributed by atoms with Gasteiger partial charge in [-0.25, -0.2) is 4.39 Å². The van der Waals surface area contributed by atoms with E-state index in [0.29, 0.717) is 16.9 Å². The van der Waals surface area contributed by atoms with E-state index in [1.165, 1.54) is 29.4 Å². The van der Waals surface area contributed by atoms with E-state index in [1.54, 1.807) is 25.2 Å². The number of nitrogen functional groups attached to an aromatic ring is 1. The van der Waals surface area contributed by atoms with Crippen molar-refractivity contribution >= 4 is 17.3 Å². The Bertz CT molecular complexity index is 603. The number of nitrogens with two attached hydrogens (primary N) is 1. The Morgan fingerprint density at radius 1 is 1.42 bits per heavy atom. The summed E-state index contributed by atoms with van der Waals surface area (Å²) in [6.45, 7) is 0. The third-order valence-electron chi connectivity index (χ3n) is 2.71. The average molecular weight is 260 g/mol. The number of nitrogens with zero attached hydrogens (tertiary/aromatic N) is 2. The van der Waals surface area contributed by atoms with Crippen LogP contribution < -0.4 is 16.2 Å². The van der Waals surface area contributed by atoms with Crippen LogP contribution in [0.25, 0.3) is 0 Å². The van der Waals surface area contributed by atoms with Crippen LogP contribution in [0.3, 0.4) is 0 Å². The minimum atomic E-state index is -0.399. The van der Waals surface area contributed by atoms with Gasteiger partial charge in [0.05, 0.1) is 17.4 Å². The van der Waals surface area contributed by atoms with Crippen LogP contribution in [0, 0.1) is 5.82 Å². The van der Waals surface area contributed by atoms with E-state index in [1.807, 2.05) is 0 Å². The van der Waals surface area contributed by atoms with Crippen molar-refractivity contribution in [2.24, 2.45) is 5.84 Å². The van der Waals surface area contributed by atoms with Gasteiger partial charge in [-0.15, -0.1) is 0 Å². The molecule has 0 atom stereocenters. The number of hydrogen-bond acceptors (Lipinski definition) is 4. The lowest BCUT2D eigenvalue weighted by molar-refractivity contribution is 0.0993. The predicted molar refractivity (Wildman–Crippen MR) is 71.2 cm³/mol. The van der Waals surface area contributed by atoms with Crippen molar-refractivity contribution in [2.45, 2.75) is 0 Å². The fraction of sp³-hybridized carbons (Fsp3) is 0.0769. The van der Waals surface area contributed by atoms with Gasteiger partial charge in [-0.05, 0) is 24.3 Å². The van der Waals surface area contributed by atoms with Crippen molar-refractivity contribution in [3.05, 3.63) is 54.1 Å². The van der Waals surface area contributed by atoms with Crippen LogP contribution in [-0.4, -0.2) is 17.9 Å². The number of pyridine rings is 1. The molecular formula is C13H13FN4O. The summed E-state index contributed by atoms with van der Waals surface area (Å²) in [5.74, 6) is 4.63. The SMILES string of the molecule is CN(C(=O)c1ccncc1NN)c1cccc(F)c1. The van der Waals surface area contributed by atoms with E-state index in [0.717, 1.165) is 0 Å². The standard InChI is InChI=1S/C13H13FN4O/c1-18(10-4-2-3-9(14)7-10)13(19)11-5-6-16-8-12(11)17-15/h2-8,17H,15H2,1H3. The summed E-state index contributed by atoms with van der Waals surface area (Å²) in [4.78, 5) is 17.5. The molecule has 0 unspecified atom stereocenters. The summed E-state index contributed by atoms with van der Waals surface area (Å²) in [6, 6.07) is 7.35. The molecule has 19 heavy (non-hydrogen) atoms. The monoisotopic (exact) mass is 260 g/mol. The maximum absolute atomic E-state index is 13.2. The molecule has 1 heterocycles. The third kappa shape index (κ3) is 2.69. The number of carbonyl (C=O) groups is 1. The first kappa shape index (κ1) is 13.0. The molecule has 0 bridgehead atoms. The van der Waals surface area contributed by atoms with Crippen molar-refractivity contribution in [1.82, 2.24) is 4.98 Å². The van der Waals surface area contributed by atoms with Gasteiger partial charge in [0.25, 0.3) is 5.91 Å². The van der Waals surface area contributed by atoms with E-state index < -0.39 is 5.82 Å². The second-order valence-corrected chi connectivity index (χ2v) is 3.91. The molecule has 0 saturated carbocycles. The summed E-state index contributed by atoms with van der Waals surface area (Å²) in [7, 11) is 1.57. The van der Waals surface area contributed by atoms with Gasteiger partial charge in [0.2, 0.25) is 0 Å². The number of nitrogens with one attached hydrogen (secondary N) is 1. The summed E-state index contributed by atoms with van der Waals surface area (Å²) in [5, 5.41) is 0. The van der Waals surface area contributed by atoms with Gasteiger partial charge in [-0.3, -0.25) is 15.6 Å². The molecule has 1 aromatic heterocycles. The first-order valence-electron chi connectivity index (χ1n) is 5.57. The molecule has 98 valence electrons. The third-order valence-corrected chi connectivity index (χ3v) is 2.71. The molecule has 0 fully saturated rings. The zero-order valence-corrected chi connectivity index (χ0v) is 10.3. The Balaban J connectivity index is 2.33. The number of rotatable bonds is 3. The number of anilines is 2. The molecule has 0 saturated heterocycles. The zero-order valence-electron chi connectivity index (χ0n) is 10.3. The zero-order chi connectivity index (χ0) is 13.8. The van der Waals surface area contributed by atoms with Gasteiger partial charge < -0.3 is 10.3 Å². The topological polar surface area (TPSA) is 71.2 Å². The van der Waals surface area contributed by atoms with Crippen LogP contribution in [0.4, 0.5) is 15.8 Å². The van der Waals surface area contributed by atoms with Crippen LogP contribution >= 0.6 is 0 Å². The molecule has 0 spiro atoms. The number of amides is 1. The van der Waals surface area contributed by atoms with Crippen LogP contribution in [0.5, 0.6) is 0 Å². The van der Waals surface area contributed by atoms with E-state index in [9.17, 15) is 9.18 Å². The lowest BCUT2D eigenvalue weighted by atomic mass is 10.2. The van der Waals surface area contributed by atoms with Gasteiger partial charge in [-0.1, -0.05) is 6.07 Å². The number of benzene rings is 1. The van der Waals surface area contributed by atoms with Crippen molar-refractivity contribution in [1.29, 1.82) is 0 Å². The molecule has 2 rings (SSSR count). The Kier molecular flexibility index (Phi) is 3.72. The first-order valence-corrected chi connectivity index (χ1v) is 5.57. The molecule has 2 aromatic rings. The van der Waals surface area contributed by atoms with Gasteiger partial charge >= 0.3 is 0 Å². The molecule has 0 aliphatic carbocycles. The smallest absolute Gasteiger partial charge is 0.260 e. The molecule has 3 N–H and O–H groups in total. The molecular weight excluding hydrogens is 247 g/mol. The van der Waals surface area contributed by atoms with Crippen molar-refractivity contribution in [3.8, 4) is 0 Å². The second kappa shape index (κ2) is 5.45. The lowest BCUT2D eigenvalue weighted by Gasteiger charge is -2.18.